The molecule has 1 aliphatic heterocycles. The van der Waals surface area contributed by atoms with Crippen LogP contribution in [0.25, 0.3) is 0 Å². The van der Waals surface area contributed by atoms with Crippen molar-refractivity contribution in [3.63, 3.8) is 0 Å². The van der Waals surface area contributed by atoms with Crippen molar-refractivity contribution in [2.45, 2.75) is 56.9 Å². The molecule has 9 heteroatoms. The van der Waals surface area contributed by atoms with Gasteiger partial charge >= 0.3 is 0 Å². The summed E-state index contributed by atoms with van der Waals surface area (Å²) in [5.41, 5.74) is 1.13. The summed E-state index contributed by atoms with van der Waals surface area (Å²) in [5, 5.41) is 0. The number of carbonyl (C=O) groups excluding carboxylic acids is 2. The Balaban J connectivity index is 1.81. The van der Waals surface area contributed by atoms with Gasteiger partial charge in [0.05, 0.1) is 4.90 Å². The molecule has 1 atom stereocenters. The second kappa shape index (κ2) is 13.8. The lowest BCUT2D eigenvalue weighted by Gasteiger charge is -2.29. The van der Waals surface area contributed by atoms with Crippen molar-refractivity contribution in [3.05, 3.63) is 29.8 Å². The molecular weight excluding hydrogens is 454 g/mol. The van der Waals surface area contributed by atoms with Crippen LogP contribution in [0.3, 0.4) is 0 Å². The molecule has 2 amide bonds. The highest BCUT2D eigenvalue weighted by molar-refractivity contribution is 7.90. The van der Waals surface area contributed by atoms with E-state index in [1.165, 1.54) is 13.4 Å². The summed E-state index contributed by atoms with van der Waals surface area (Å²) in [5.74, 6) is 0.0522. The van der Waals surface area contributed by atoms with E-state index in [1.54, 1.807) is 17.0 Å². The molecule has 1 heterocycles. The van der Waals surface area contributed by atoms with Crippen LogP contribution >= 0.6 is 0 Å². The van der Waals surface area contributed by atoms with Gasteiger partial charge in [-0.1, -0.05) is 19.1 Å². The van der Waals surface area contributed by atoms with E-state index in [9.17, 15) is 18.0 Å². The van der Waals surface area contributed by atoms with Crippen LogP contribution in [0.15, 0.2) is 29.2 Å². The Bertz CT molecular complexity index is 888. The number of sulfone groups is 1. The number of hydrogen-bond donors (Lipinski definition) is 0. The number of amides is 2. The number of hydrogen-bond acceptors (Lipinski definition) is 6. The van der Waals surface area contributed by atoms with E-state index in [0.29, 0.717) is 43.5 Å². The lowest BCUT2D eigenvalue weighted by atomic mass is 10.1. The van der Waals surface area contributed by atoms with Crippen LogP contribution in [0, 0.1) is 0 Å². The number of methoxy groups -OCH3 is 1. The fourth-order valence-electron chi connectivity index (χ4n) is 4.37. The third-order valence-electron chi connectivity index (χ3n) is 6.35. The van der Waals surface area contributed by atoms with Gasteiger partial charge in [0.1, 0.15) is 6.61 Å². The summed E-state index contributed by atoms with van der Waals surface area (Å²) in [7, 11) is -1.67. The molecule has 1 saturated heterocycles. The van der Waals surface area contributed by atoms with E-state index >= 15 is 0 Å². The maximum Gasteiger partial charge on any atom is 0.248 e. The van der Waals surface area contributed by atoms with Gasteiger partial charge in [-0.05, 0) is 63.4 Å². The summed E-state index contributed by atoms with van der Waals surface area (Å²) < 4.78 is 28.3. The standard InChI is InChI=1S/C25H41N3O5S/c1-5-13-26(21(2)19-22-8-10-23(11-9-22)34(4,31)32)14-6-7-15-27-17-18-28(16-12-24(27)29)25(30)20-33-3/h8-11,21H,5-7,12-20H2,1-4H3. The van der Waals surface area contributed by atoms with Gasteiger partial charge in [0, 0.05) is 52.0 Å². The Morgan fingerprint density at radius 3 is 2.44 bits per heavy atom. The Hall–Kier alpha value is -1.97. The van der Waals surface area contributed by atoms with E-state index in [1.807, 2.05) is 17.0 Å². The Kier molecular flexibility index (Phi) is 11.5. The molecular formula is C25H41N3O5S. The average Bonchev–Trinajstić information content (AvgIpc) is 2.97. The maximum atomic E-state index is 12.5. The summed E-state index contributed by atoms with van der Waals surface area (Å²) >= 11 is 0. The first kappa shape index (κ1) is 28.3. The first-order chi connectivity index (χ1) is 16.2. The van der Waals surface area contributed by atoms with Crippen molar-refractivity contribution in [2.75, 3.05) is 59.2 Å². The second-order valence-corrected chi connectivity index (χ2v) is 11.2. The predicted molar refractivity (Wildman–Crippen MR) is 133 cm³/mol. The molecule has 1 unspecified atom stereocenters. The molecule has 2 rings (SSSR count). The monoisotopic (exact) mass is 495 g/mol. The lowest BCUT2D eigenvalue weighted by Crippen LogP contribution is -2.38. The minimum absolute atomic E-state index is 0.0570. The minimum atomic E-state index is -3.18. The highest BCUT2D eigenvalue weighted by Crippen LogP contribution is 2.15. The van der Waals surface area contributed by atoms with Crippen LogP contribution in [0.5, 0.6) is 0 Å². The van der Waals surface area contributed by atoms with Gasteiger partial charge in [0.2, 0.25) is 11.8 Å². The molecule has 1 aromatic rings. The third-order valence-corrected chi connectivity index (χ3v) is 7.48. The quantitative estimate of drug-likeness (QED) is 0.390. The number of benzene rings is 1. The summed E-state index contributed by atoms with van der Waals surface area (Å²) in [6.07, 6.45) is 5.44. The summed E-state index contributed by atoms with van der Waals surface area (Å²) in [4.78, 5) is 31.0. The van der Waals surface area contributed by atoms with Crippen molar-refractivity contribution in [1.82, 2.24) is 14.7 Å². The Morgan fingerprint density at radius 1 is 1.12 bits per heavy atom. The lowest BCUT2D eigenvalue weighted by molar-refractivity contribution is -0.135. The molecule has 0 spiro atoms. The van der Waals surface area contributed by atoms with E-state index in [-0.39, 0.29) is 18.4 Å². The molecule has 0 radical (unpaired) electrons. The van der Waals surface area contributed by atoms with Crippen molar-refractivity contribution in [3.8, 4) is 0 Å². The first-order valence-electron chi connectivity index (χ1n) is 12.2. The zero-order chi connectivity index (χ0) is 25.1. The zero-order valence-corrected chi connectivity index (χ0v) is 22.0. The SMILES string of the molecule is CCCN(CCCCN1CCN(C(=O)COC)CCC1=O)C(C)Cc1ccc(S(C)(=O)=O)cc1. The van der Waals surface area contributed by atoms with Crippen LogP contribution in [0.4, 0.5) is 0 Å². The molecule has 192 valence electrons. The number of unbranched alkanes of at least 4 members (excludes halogenated alkanes) is 1. The van der Waals surface area contributed by atoms with Crippen LogP contribution in [-0.4, -0.2) is 100 Å². The predicted octanol–water partition coefficient (Wildman–Crippen LogP) is 2.22. The smallest absolute Gasteiger partial charge is 0.248 e. The van der Waals surface area contributed by atoms with Crippen molar-refractivity contribution >= 4 is 21.7 Å². The van der Waals surface area contributed by atoms with Crippen LogP contribution in [-0.2, 0) is 30.6 Å². The van der Waals surface area contributed by atoms with E-state index < -0.39 is 9.84 Å². The van der Waals surface area contributed by atoms with E-state index in [0.717, 1.165) is 44.3 Å². The molecule has 1 aromatic carbocycles. The molecule has 34 heavy (non-hydrogen) atoms. The largest absolute Gasteiger partial charge is 0.375 e. The van der Waals surface area contributed by atoms with Crippen LogP contribution in [0.2, 0.25) is 0 Å². The van der Waals surface area contributed by atoms with Gasteiger partial charge in [0.15, 0.2) is 9.84 Å². The van der Waals surface area contributed by atoms with Crippen molar-refractivity contribution in [2.24, 2.45) is 0 Å². The Labute approximate surface area is 205 Å². The number of carbonyl (C=O) groups is 2. The molecule has 0 saturated carbocycles. The molecule has 1 aliphatic rings. The van der Waals surface area contributed by atoms with Gasteiger partial charge < -0.3 is 19.4 Å². The van der Waals surface area contributed by atoms with Gasteiger partial charge in [-0.3, -0.25) is 9.59 Å². The molecule has 0 N–H and O–H groups in total. The van der Waals surface area contributed by atoms with Crippen molar-refractivity contribution in [1.29, 1.82) is 0 Å². The van der Waals surface area contributed by atoms with Gasteiger partial charge in [-0.2, -0.15) is 0 Å². The van der Waals surface area contributed by atoms with Gasteiger partial charge in [0.25, 0.3) is 0 Å². The zero-order valence-electron chi connectivity index (χ0n) is 21.2. The molecule has 0 aliphatic carbocycles. The van der Waals surface area contributed by atoms with Crippen molar-refractivity contribution < 1.29 is 22.7 Å². The number of rotatable bonds is 13. The minimum Gasteiger partial charge on any atom is -0.375 e. The van der Waals surface area contributed by atoms with Crippen LogP contribution < -0.4 is 0 Å². The number of nitrogens with zero attached hydrogens (tertiary/aromatic N) is 3. The van der Waals surface area contributed by atoms with Crippen LogP contribution in [0.1, 0.15) is 45.1 Å². The summed E-state index contributed by atoms with van der Waals surface area (Å²) in [6, 6.07) is 7.52. The molecule has 1 fully saturated rings. The average molecular weight is 496 g/mol. The first-order valence-corrected chi connectivity index (χ1v) is 14.1. The molecule has 8 nitrogen and oxygen atoms in total. The van der Waals surface area contributed by atoms with Gasteiger partial charge in [-0.15, -0.1) is 0 Å². The highest BCUT2D eigenvalue weighted by Gasteiger charge is 2.23. The number of ether oxygens (including phenoxy) is 1. The highest BCUT2D eigenvalue weighted by atomic mass is 32.2. The topological polar surface area (TPSA) is 87.2 Å². The fraction of sp³-hybridized carbons (Fsp3) is 0.680. The summed E-state index contributed by atoms with van der Waals surface area (Å²) in [6.45, 7) is 8.71. The Morgan fingerprint density at radius 2 is 1.82 bits per heavy atom. The molecule has 0 bridgehead atoms. The second-order valence-electron chi connectivity index (χ2n) is 9.16. The maximum absolute atomic E-state index is 12.5. The third kappa shape index (κ3) is 9.00. The normalized spacial score (nSPS) is 16.1. The van der Waals surface area contributed by atoms with E-state index in [4.69, 9.17) is 4.74 Å². The fourth-order valence-corrected chi connectivity index (χ4v) is 5.00. The molecule has 0 aromatic heterocycles. The van der Waals surface area contributed by atoms with Gasteiger partial charge in [-0.25, -0.2) is 8.42 Å². The van der Waals surface area contributed by atoms with E-state index in [2.05, 4.69) is 18.7 Å².